The first kappa shape index (κ1) is 19.2. The lowest BCUT2D eigenvalue weighted by atomic mass is 10.2. The largest absolute Gasteiger partial charge is 0.477 e. The fourth-order valence-electron chi connectivity index (χ4n) is 3.36. The molecule has 152 valence electrons. The smallest absolute Gasteiger partial charge is 0.230 e. The first-order chi connectivity index (χ1) is 14.1. The molecule has 3 aromatic rings. The third kappa shape index (κ3) is 4.64. The molecule has 0 atom stereocenters. The number of imidazole rings is 1. The molecule has 1 saturated heterocycles. The number of anilines is 1. The number of amides is 1. The zero-order chi connectivity index (χ0) is 20.2. The predicted octanol–water partition coefficient (Wildman–Crippen LogP) is 2.28. The van der Waals surface area contributed by atoms with E-state index in [1.54, 1.807) is 0 Å². The van der Waals surface area contributed by atoms with Crippen molar-refractivity contribution < 1.29 is 9.53 Å². The number of ether oxygens (including phenoxy) is 1. The number of nitrogens with zero attached hydrogens (tertiary/aromatic N) is 5. The highest BCUT2D eigenvalue weighted by Crippen LogP contribution is 2.18. The van der Waals surface area contributed by atoms with Gasteiger partial charge in [-0.05, 0) is 18.1 Å². The van der Waals surface area contributed by atoms with E-state index in [-0.39, 0.29) is 12.3 Å². The van der Waals surface area contributed by atoms with Crippen LogP contribution in [0, 0.1) is 5.92 Å². The summed E-state index contributed by atoms with van der Waals surface area (Å²) in [6, 6.07) is 9.68. The molecule has 0 aliphatic carbocycles. The molecule has 1 aliphatic rings. The van der Waals surface area contributed by atoms with Gasteiger partial charge >= 0.3 is 0 Å². The normalized spacial score (nSPS) is 14.6. The van der Waals surface area contributed by atoms with Gasteiger partial charge in [0.2, 0.25) is 11.8 Å². The number of nitrogens with one attached hydrogen (secondary N) is 1. The van der Waals surface area contributed by atoms with Crippen LogP contribution < -0.4 is 9.64 Å². The topological polar surface area (TPSA) is 87.2 Å². The number of aromatic nitrogens is 4. The molecule has 1 aromatic carbocycles. The average Bonchev–Trinajstić information content (AvgIpc) is 3.15. The first-order valence-corrected chi connectivity index (χ1v) is 9.99. The van der Waals surface area contributed by atoms with Crippen LogP contribution in [0.2, 0.25) is 0 Å². The number of aromatic amines is 1. The van der Waals surface area contributed by atoms with Crippen LogP contribution in [0.3, 0.4) is 0 Å². The summed E-state index contributed by atoms with van der Waals surface area (Å²) in [6.45, 7) is 7.60. The molecule has 0 unspecified atom stereocenters. The summed E-state index contributed by atoms with van der Waals surface area (Å²) in [5.41, 5.74) is 1.85. The van der Waals surface area contributed by atoms with Crippen LogP contribution in [-0.2, 0) is 11.2 Å². The Morgan fingerprint density at radius 3 is 2.72 bits per heavy atom. The highest BCUT2D eigenvalue weighted by atomic mass is 16.5. The molecule has 8 nitrogen and oxygen atoms in total. The van der Waals surface area contributed by atoms with Gasteiger partial charge in [0.05, 0.1) is 24.1 Å². The second-order valence-electron chi connectivity index (χ2n) is 7.66. The Bertz CT molecular complexity index is 945. The van der Waals surface area contributed by atoms with Crippen molar-refractivity contribution in [3.8, 4) is 5.88 Å². The number of carbonyl (C=O) groups is 1. The number of rotatable bonds is 6. The molecule has 0 bridgehead atoms. The molecule has 0 saturated carbocycles. The Balaban J connectivity index is 1.33. The van der Waals surface area contributed by atoms with Crippen LogP contribution in [0.5, 0.6) is 5.88 Å². The van der Waals surface area contributed by atoms with E-state index >= 15 is 0 Å². The Morgan fingerprint density at radius 1 is 1.17 bits per heavy atom. The van der Waals surface area contributed by atoms with Gasteiger partial charge in [-0.15, -0.1) is 0 Å². The van der Waals surface area contributed by atoms with Crippen LogP contribution in [0.4, 0.5) is 5.82 Å². The number of hydrogen-bond acceptors (Lipinski definition) is 6. The quantitative estimate of drug-likeness (QED) is 0.690. The van der Waals surface area contributed by atoms with Crippen LogP contribution in [0.25, 0.3) is 11.0 Å². The molecule has 2 aromatic heterocycles. The van der Waals surface area contributed by atoms with Crippen molar-refractivity contribution in [2.45, 2.75) is 20.3 Å². The second-order valence-corrected chi connectivity index (χ2v) is 7.66. The van der Waals surface area contributed by atoms with E-state index in [2.05, 4.69) is 38.7 Å². The second kappa shape index (κ2) is 8.46. The fourth-order valence-corrected chi connectivity index (χ4v) is 3.36. The minimum Gasteiger partial charge on any atom is -0.477 e. The zero-order valence-electron chi connectivity index (χ0n) is 16.8. The van der Waals surface area contributed by atoms with E-state index in [0.717, 1.165) is 29.9 Å². The van der Waals surface area contributed by atoms with Crippen molar-refractivity contribution >= 4 is 22.8 Å². The predicted molar refractivity (Wildman–Crippen MR) is 111 cm³/mol. The van der Waals surface area contributed by atoms with Gasteiger partial charge in [-0.1, -0.05) is 26.0 Å². The lowest BCUT2D eigenvalue weighted by molar-refractivity contribution is -0.130. The number of fused-ring (bicyclic) bond motifs is 1. The highest BCUT2D eigenvalue weighted by molar-refractivity contribution is 5.80. The van der Waals surface area contributed by atoms with Gasteiger partial charge in [-0.25, -0.2) is 15.0 Å². The number of para-hydroxylation sites is 2. The lowest BCUT2D eigenvalue weighted by Gasteiger charge is -2.35. The van der Waals surface area contributed by atoms with Crippen LogP contribution in [0.1, 0.15) is 19.7 Å². The van der Waals surface area contributed by atoms with E-state index < -0.39 is 0 Å². The maximum absolute atomic E-state index is 12.7. The van der Waals surface area contributed by atoms with E-state index in [9.17, 15) is 4.79 Å². The molecule has 0 radical (unpaired) electrons. The Hall–Kier alpha value is -3.16. The van der Waals surface area contributed by atoms with Gasteiger partial charge in [-0.3, -0.25) is 4.79 Å². The molecule has 1 N–H and O–H groups in total. The molecule has 1 fully saturated rings. The van der Waals surface area contributed by atoms with E-state index in [0.29, 0.717) is 37.3 Å². The molecular weight excluding hydrogens is 368 g/mol. The summed E-state index contributed by atoms with van der Waals surface area (Å²) in [4.78, 5) is 33.0. The van der Waals surface area contributed by atoms with Gasteiger partial charge in [0.15, 0.2) is 0 Å². The van der Waals surface area contributed by atoms with Crippen LogP contribution in [-0.4, -0.2) is 63.5 Å². The molecule has 0 spiro atoms. The van der Waals surface area contributed by atoms with Gasteiger partial charge in [0, 0.05) is 32.2 Å². The van der Waals surface area contributed by atoms with Crippen molar-refractivity contribution in [1.82, 2.24) is 24.8 Å². The van der Waals surface area contributed by atoms with Crippen molar-refractivity contribution in [3.05, 3.63) is 42.5 Å². The zero-order valence-corrected chi connectivity index (χ0v) is 16.8. The molecule has 4 rings (SSSR count). The van der Waals surface area contributed by atoms with Crippen molar-refractivity contribution in [1.29, 1.82) is 0 Å². The summed E-state index contributed by atoms with van der Waals surface area (Å²) < 4.78 is 5.70. The monoisotopic (exact) mass is 394 g/mol. The highest BCUT2D eigenvalue weighted by Gasteiger charge is 2.23. The fraction of sp³-hybridized carbons (Fsp3) is 0.429. The molecule has 29 heavy (non-hydrogen) atoms. The molecule has 8 heteroatoms. The summed E-state index contributed by atoms with van der Waals surface area (Å²) in [5, 5.41) is 0. The minimum atomic E-state index is 0.0901. The van der Waals surface area contributed by atoms with Crippen molar-refractivity contribution in [3.63, 3.8) is 0 Å². The van der Waals surface area contributed by atoms with Crippen LogP contribution in [0.15, 0.2) is 36.7 Å². The van der Waals surface area contributed by atoms with E-state index in [1.165, 1.54) is 6.33 Å². The first-order valence-electron chi connectivity index (χ1n) is 9.99. The maximum atomic E-state index is 12.7. The van der Waals surface area contributed by atoms with Crippen LogP contribution >= 0.6 is 0 Å². The Kier molecular flexibility index (Phi) is 5.59. The molecule has 1 amide bonds. The van der Waals surface area contributed by atoms with Crippen molar-refractivity contribution in [2.75, 3.05) is 37.7 Å². The Labute approximate surface area is 169 Å². The summed E-state index contributed by atoms with van der Waals surface area (Å²) in [7, 11) is 0. The lowest BCUT2D eigenvalue weighted by Crippen LogP contribution is -2.49. The van der Waals surface area contributed by atoms with Gasteiger partial charge in [0.25, 0.3) is 0 Å². The average molecular weight is 394 g/mol. The van der Waals surface area contributed by atoms with E-state index in [1.807, 2.05) is 35.2 Å². The molecular formula is C21H26N6O2. The number of hydrogen-bond donors (Lipinski definition) is 1. The number of benzene rings is 1. The standard InChI is InChI=1S/C21H26N6O2/c1-15(2)13-29-20-12-19(22-14-23-20)26-7-9-27(10-8-26)21(28)11-18-24-16-5-3-4-6-17(16)25-18/h3-6,12,14-15H,7-11,13H2,1-2H3,(H,24,25). The summed E-state index contributed by atoms with van der Waals surface area (Å²) in [6.07, 6.45) is 1.82. The SMILES string of the molecule is CC(C)COc1cc(N2CCN(C(=O)Cc3nc4ccccc4[nH]3)CC2)ncn1. The van der Waals surface area contributed by atoms with Crippen molar-refractivity contribution in [2.24, 2.45) is 5.92 Å². The van der Waals surface area contributed by atoms with Gasteiger partial charge in [-0.2, -0.15) is 0 Å². The maximum Gasteiger partial charge on any atom is 0.230 e. The Morgan fingerprint density at radius 2 is 1.97 bits per heavy atom. The molecule has 3 heterocycles. The van der Waals surface area contributed by atoms with Gasteiger partial charge < -0.3 is 19.5 Å². The third-order valence-corrected chi connectivity index (χ3v) is 4.91. The number of carbonyl (C=O) groups excluding carboxylic acids is 1. The van der Waals surface area contributed by atoms with E-state index in [4.69, 9.17) is 4.74 Å². The minimum absolute atomic E-state index is 0.0901. The molecule has 1 aliphatic heterocycles. The van der Waals surface area contributed by atoms with Gasteiger partial charge in [0.1, 0.15) is 18.0 Å². The number of H-pyrrole nitrogens is 1. The third-order valence-electron chi connectivity index (χ3n) is 4.91. The summed E-state index contributed by atoms with van der Waals surface area (Å²) >= 11 is 0. The summed E-state index contributed by atoms with van der Waals surface area (Å²) in [5.74, 6) is 2.67. The number of piperazine rings is 1.